The van der Waals surface area contributed by atoms with E-state index in [0.717, 1.165) is 10.4 Å². The van der Waals surface area contributed by atoms with Crippen molar-refractivity contribution in [1.82, 2.24) is 0 Å². The molecule has 3 rings (SSSR count). The van der Waals surface area contributed by atoms with Crippen LogP contribution in [0.25, 0.3) is 0 Å². The zero-order chi connectivity index (χ0) is 28.2. The third-order valence-corrected chi connectivity index (χ3v) is 7.70. The Kier molecular flexibility index (Phi) is 8.92. The van der Waals surface area contributed by atoms with Gasteiger partial charge in [-0.25, -0.2) is 8.42 Å². The summed E-state index contributed by atoms with van der Waals surface area (Å²) in [6.45, 7) is 0.725. The van der Waals surface area contributed by atoms with Gasteiger partial charge in [0.15, 0.2) is 0 Å². The summed E-state index contributed by atoms with van der Waals surface area (Å²) in [7, 11) is -0.472. The van der Waals surface area contributed by atoms with Gasteiger partial charge in [-0.1, -0.05) is 29.3 Å². The summed E-state index contributed by atoms with van der Waals surface area (Å²) < 4.78 is 44.1. The molecule has 0 atom stereocenters. The number of nitrogens with zero attached hydrogens (tertiary/aromatic N) is 2. The molecule has 0 unspecified atom stereocenters. The van der Waals surface area contributed by atoms with E-state index in [4.69, 9.17) is 37.4 Å². The van der Waals surface area contributed by atoms with Gasteiger partial charge in [0.2, 0.25) is 5.91 Å². The molecule has 0 saturated carbocycles. The van der Waals surface area contributed by atoms with Crippen molar-refractivity contribution < 1.29 is 32.3 Å². The predicted molar refractivity (Wildman–Crippen MR) is 144 cm³/mol. The van der Waals surface area contributed by atoms with Crippen LogP contribution in [0.2, 0.25) is 10.0 Å². The molecule has 0 aliphatic heterocycles. The first-order chi connectivity index (χ1) is 17.9. The van der Waals surface area contributed by atoms with Gasteiger partial charge in [0.25, 0.3) is 15.7 Å². The fourth-order valence-corrected chi connectivity index (χ4v) is 5.35. The van der Waals surface area contributed by atoms with Gasteiger partial charge >= 0.3 is 0 Å². The maximum atomic E-state index is 13.8. The van der Waals surface area contributed by atoms with E-state index in [-0.39, 0.29) is 44.2 Å². The molecule has 0 radical (unpaired) electrons. The lowest BCUT2D eigenvalue weighted by Gasteiger charge is -2.26. The molecule has 1 N–H and O–H groups in total. The highest BCUT2D eigenvalue weighted by Crippen LogP contribution is 2.38. The minimum Gasteiger partial charge on any atom is -0.495 e. The van der Waals surface area contributed by atoms with E-state index in [1.807, 2.05) is 0 Å². The fraction of sp³-hybridized carbons (Fsp3) is 0.208. The minimum absolute atomic E-state index is 0.0565. The summed E-state index contributed by atoms with van der Waals surface area (Å²) >= 11 is 12.3. The molecule has 3 aromatic rings. The van der Waals surface area contributed by atoms with E-state index in [2.05, 4.69) is 5.32 Å². The highest BCUT2D eigenvalue weighted by molar-refractivity contribution is 7.92. The Balaban J connectivity index is 2.11. The molecule has 0 spiro atoms. The Morgan fingerprint density at radius 3 is 2.24 bits per heavy atom. The van der Waals surface area contributed by atoms with Gasteiger partial charge in [0.05, 0.1) is 47.5 Å². The van der Waals surface area contributed by atoms with Gasteiger partial charge in [0.1, 0.15) is 23.8 Å². The largest absolute Gasteiger partial charge is 0.495 e. The van der Waals surface area contributed by atoms with Crippen LogP contribution in [-0.2, 0) is 14.8 Å². The lowest BCUT2D eigenvalue weighted by Crippen LogP contribution is -2.38. The maximum Gasteiger partial charge on any atom is 0.273 e. The van der Waals surface area contributed by atoms with Crippen LogP contribution in [0.3, 0.4) is 0 Å². The molecule has 0 fully saturated rings. The fourth-order valence-electron chi connectivity index (χ4n) is 3.51. The zero-order valence-electron chi connectivity index (χ0n) is 20.7. The van der Waals surface area contributed by atoms with Crippen LogP contribution >= 0.6 is 23.2 Å². The number of ether oxygens (including phenoxy) is 3. The smallest absolute Gasteiger partial charge is 0.273 e. The van der Waals surface area contributed by atoms with E-state index >= 15 is 0 Å². The molecule has 38 heavy (non-hydrogen) atoms. The Morgan fingerprint density at radius 2 is 1.63 bits per heavy atom. The summed E-state index contributed by atoms with van der Waals surface area (Å²) in [5.41, 5.74) is -0.0203. The number of nitro benzene ring substituents is 1. The second kappa shape index (κ2) is 11.8. The quantitative estimate of drug-likeness (QED) is 0.258. The topological polar surface area (TPSA) is 137 Å². The molecule has 0 saturated heterocycles. The molecule has 1 amide bonds. The summed E-state index contributed by atoms with van der Waals surface area (Å²) in [4.78, 5) is 23.6. The number of benzene rings is 3. The van der Waals surface area contributed by atoms with Crippen molar-refractivity contribution in [3.63, 3.8) is 0 Å². The number of hydrogen-bond acceptors (Lipinski definition) is 8. The molecule has 3 aromatic carbocycles. The molecular weight excluding hydrogens is 561 g/mol. The number of hydrogen-bond donors (Lipinski definition) is 1. The highest BCUT2D eigenvalue weighted by atomic mass is 35.5. The lowest BCUT2D eigenvalue weighted by atomic mass is 10.2. The normalized spacial score (nSPS) is 11.0. The minimum atomic E-state index is -4.55. The third kappa shape index (κ3) is 6.04. The van der Waals surface area contributed by atoms with Crippen LogP contribution in [-0.4, -0.2) is 47.1 Å². The number of aryl methyl sites for hydroxylation is 1. The number of halogens is 2. The average molecular weight is 584 g/mol. The van der Waals surface area contributed by atoms with E-state index in [9.17, 15) is 23.3 Å². The second-order valence-corrected chi connectivity index (χ2v) is 10.5. The van der Waals surface area contributed by atoms with Crippen molar-refractivity contribution in [3.8, 4) is 17.2 Å². The van der Waals surface area contributed by atoms with Crippen LogP contribution in [0, 0.1) is 17.0 Å². The van der Waals surface area contributed by atoms with Gasteiger partial charge in [-0.15, -0.1) is 0 Å². The average Bonchev–Trinajstić information content (AvgIpc) is 2.87. The molecule has 0 heterocycles. The van der Waals surface area contributed by atoms with Gasteiger partial charge in [-0.05, 0) is 31.2 Å². The number of sulfonamides is 1. The number of methoxy groups -OCH3 is 3. The summed E-state index contributed by atoms with van der Waals surface area (Å²) in [6.07, 6.45) is 0. The van der Waals surface area contributed by atoms with E-state index in [0.29, 0.717) is 0 Å². The van der Waals surface area contributed by atoms with Crippen LogP contribution in [0.5, 0.6) is 17.2 Å². The molecule has 0 aliphatic carbocycles. The Hall–Kier alpha value is -3.74. The number of nitrogens with one attached hydrogen (secondary N) is 1. The number of nitro groups is 1. The second-order valence-electron chi connectivity index (χ2n) is 7.77. The molecule has 14 heteroatoms. The predicted octanol–water partition coefficient (Wildman–Crippen LogP) is 5.07. The van der Waals surface area contributed by atoms with Crippen molar-refractivity contribution in [2.24, 2.45) is 0 Å². The SMILES string of the molecule is COc1cc(NC(=O)CN(c2cc(Cl)ccc2OC)S(=O)(=O)c2ccc(C)c([N+](=O)[O-])c2)c(OC)cc1Cl. The molecule has 0 bridgehead atoms. The van der Waals surface area contributed by atoms with Gasteiger partial charge < -0.3 is 19.5 Å². The molecule has 202 valence electrons. The first-order valence-electron chi connectivity index (χ1n) is 10.8. The third-order valence-electron chi connectivity index (χ3n) is 5.41. The molecule has 0 aliphatic rings. The van der Waals surface area contributed by atoms with Gasteiger partial charge in [-0.2, -0.15) is 0 Å². The monoisotopic (exact) mass is 583 g/mol. The summed E-state index contributed by atoms with van der Waals surface area (Å²) in [5.74, 6) is -0.234. The number of carbonyl (C=O) groups is 1. The van der Waals surface area contributed by atoms with Crippen LogP contribution in [0.1, 0.15) is 5.56 Å². The molecule has 11 nitrogen and oxygen atoms in total. The van der Waals surface area contributed by atoms with Gasteiger partial charge in [-0.3, -0.25) is 19.2 Å². The number of amides is 1. The maximum absolute atomic E-state index is 13.8. The summed E-state index contributed by atoms with van der Waals surface area (Å²) in [6, 6.07) is 10.5. The first kappa shape index (κ1) is 28.8. The van der Waals surface area contributed by atoms with E-state index in [1.54, 1.807) is 0 Å². The van der Waals surface area contributed by atoms with Gasteiger partial charge in [0, 0.05) is 28.8 Å². The van der Waals surface area contributed by atoms with Crippen LogP contribution < -0.4 is 23.8 Å². The zero-order valence-corrected chi connectivity index (χ0v) is 23.0. The summed E-state index contributed by atoms with van der Waals surface area (Å²) in [5, 5.41) is 14.5. The first-order valence-corrected chi connectivity index (χ1v) is 12.9. The van der Waals surface area contributed by atoms with Crippen molar-refractivity contribution in [3.05, 3.63) is 74.3 Å². The Morgan fingerprint density at radius 1 is 0.974 bits per heavy atom. The van der Waals surface area contributed by atoms with Crippen molar-refractivity contribution in [2.75, 3.05) is 37.5 Å². The molecular formula is C24H23Cl2N3O8S. The number of rotatable bonds is 10. The highest BCUT2D eigenvalue weighted by Gasteiger charge is 2.31. The van der Waals surface area contributed by atoms with Crippen molar-refractivity contribution >= 4 is 56.2 Å². The van der Waals surface area contributed by atoms with Crippen molar-refractivity contribution in [2.45, 2.75) is 11.8 Å². The lowest BCUT2D eigenvalue weighted by molar-refractivity contribution is -0.385. The van der Waals surface area contributed by atoms with Crippen molar-refractivity contribution in [1.29, 1.82) is 0 Å². The number of anilines is 2. The number of carbonyl (C=O) groups excluding carboxylic acids is 1. The standard InChI is InChI=1S/C24H23Cl2N3O8S/c1-14-5-7-16(10-19(14)29(31)32)38(33,34)28(20-9-15(25)6-8-21(20)35-2)13-24(30)27-18-12-22(36-3)17(26)11-23(18)37-4/h5-12H,13H2,1-4H3,(H,27,30). The van der Waals surface area contributed by atoms with Crippen LogP contribution in [0.4, 0.5) is 17.1 Å². The molecule has 0 aromatic heterocycles. The van der Waals surface area contributed by atoms with Crippen LogP contribution in [0.15, 0.2) is 53.4 Å². The Labute approximate surface area is 229 Å². The Bertz CT molecular complexity index is 1500. The van der Waals surface area contributed by atoms with E-state index < -0.39 is 38.0 Å². The van der Waals surface area contributed by atoms with E-state index in [1.165, 1.54) is 70.7 Å².